The molecule has 1 aromatic rings. The van der Waals surface area contributed by atoms with E-state index in [0.29, 0.717) is 0 Å². The molecule has 1 fully saturated rings. The molecule has 0 bridgehead atoms. The van der Waals surface area contributed by atoms with Crippen molar-refractivity contribution in [3.05, 3.63) is 24.3 Å². The van der Waals surface area contributed by atoms with Gasteiger partial charge in [-0.25, -0.2) is 0 Å². The molecule has 1 aliphatic rings. The van der Waals surface area contributed by atoms with Crippen LogP contribution in [0.15, 0.2) is 24.3 Å². The number of anilines is 2. The SMILES string of the molecule is CC(C)(C)Nc1ccc(N2CCCCC2)cc1. The van der Waals surface area contributed by atoms with Crippen molar-refractivity contribution in [2.45, 2.75) is 45.6 Å². The Morgan fingerprint density at radius 3 is 2.06 bits per heavy atom. The Morgan fingerprint density at radius 2 is 1.53 bits per heavy atom. The lowest BCUT2D eigenvalue weighted by atomic mass is 10.1. The lowest BCUT2D eigenvalue weighted by molar-refractivity contribution is 0.578. The zero-order valence-electron chi connectivity index (χ0n) is 11.3. The molecule has 1 heterocycles. The van der Waals surface area contributed by atoms with Crippen LogP contribution in [0.25, 0.3) is 0 Å². The summed E-state index contributed by atoms with van der Waals surface area (Å²) in [5.74, 6) is 0. The van der Waals surface area contributed by atoms with E-state index in [-0.39, 0.29) is 5.54 Å². The van der Waals surface area contributed by atoms with Crippen molar-refractivity contribution in [3.63, 3.8) is 0 Å². The number of nitrogens with one attached hydrogen (secondary N) is 1. The van der Waals surface area contributed by atoms with Crippen LogP contribution in [0, 0.1) is 0 Å². The molecule has 94 valence electrons. The Balaban J connectivity index is 2.02. The maximum atomic E-state index is 3.49. The molecule has 1 aromatic carbocycles. The number of benzene rings is 1. The Morgan fingerprint density at radius 1 is 0.941 bits per heavy atom. The first kappa shape index (κ1) is 12.3. The first-order valence-electron chi connectivity index (χ1n) is 6.68. The molecule has 2 nitrogen and oxygen atoms in total. The van der Waals surface area contributed by atoms with Crippen LogP contribution in [-0.2, 0) is 0 Å². The van der Waals surface area contributed by atoms with Crippen molar-refractivity contribution in [1.82, 2.24) is 0 Å². The van der Waals surface area contributed by atoms with Gasteiger partial charge in [-0.05, 0) is 64.3 Å². The lowest BCUT2D eigenvalue weighted by Crippen LogP contribution is -2.29. The van der Waals surface area contributed by atoms with E-state index in [0.717, 1.165) is 0 Å². The standard InChI is InChI=1S/C15H24N2/c1-15(2,3)16-13-7-9-14(10-8-13)17-11-5-4-6-12-17/h7-10,16H,4-6,11-12H2,1-3H3. The van der Waals surface area contributed by atoms with Gasteiger partial charge in [-0.1, -0.05) is 0 Å². The molecule has 1 aliphatic heterocycles. The third kappa shape index (κ3) is 3.65. The van der Waals surface area contributed by atoms with Crippen LogP contribution in [0.1, 0.15) is 40.0 Å². The quantitative estimate of drug-likeness (QED) is 0.832. The normalized spacial score (nSPS) is 17.0. The highest BCUT2D eigenvalue weighted by Crippen LogP contribution is 2.23. The van der Waals surface area contributed by atoms with Crippen LogP contribution in [0.4, 0.5) is 11.4 Å². The fraction of sp³-hybridized carbons (Fsp3) is 0.600. The average Bonchev–Trinajstić information content (AvgIpc) is 2.29. The molecule has 0 saturated carbocycles. The third-order valence-electron chi connectivity index (χ3n) is 3.11. The second-order valence-corrected chi connectivity index (χ2v) is 5.97. The highest BCUT2D eigenvalue weighted by Gasteiger charge is 2.12. The summed E-state index contributed by atoms with van der Waals surface area (Å²) in [6.45, 7) is 8.99. The van der Waals surface area contributed by atoms with Gasteiger partial charge in [0.1, 0.15) is 0 Å². The van der Waals surface area contributed by atoms with E-state index in [9.17, 15) is 0 Å². The Labute approximate surface area is 105 Å². The summed E-state index contributed by atoms with van der Waals surface area (Å²) >= 11 is 0. The predicted molar refractivity (Wildman–Crippen MR) is 75.9 cm³/mol. The summed E-state index contributed by atoms with van der Waals surface area (Å²) in [4.78, 5) is 2.49. The number of piperidine rings is 1. The fourth-order valence-electron chi connectivity index (χ4n) is 2.34. The zero-order valence-corrected chi connectivity index (χ0v) is 11.3. The summed E-state index contributed by atoms with van der Waals surface area (Å²) in [6.07, 6.45) is 4.06. The van der Waals surface area contributed by atoms with Gasteiger partial charge in [0.2, 0.25) is 0 Å². The smallest absolute Gasteiger partial charge is 0.0367 e. The number of nitrogens with zero attached hydrogens (tertiary/aromatic N) is 1. The molecule has 0 aliphatic carbocycles. The van der Waals surface area contributed by atoms with Crippen molar-refractivity contribution in [2.24, 2.45) is 0 Å². The van der Waals surface area contributed by atoms with E-state index in [4.69, 9.17) is 0 Å². The fourth-order valence-corrected chi connectivity index (χ4v) is 2.34. The number of hydrogen-bond donors (Lipinski definition) is 1. The topological polar surface area (TPSA) is 15.3 Å². The molecule has 0 spiro atoms. The maximum Gasteiger partial charge on any atom is 0.0367 e. The van der Waals surface area contributed by atoms with Gasteiger partial charge in [-0.3, -0.25) is 0 Å². The van der Waals surface area contributed by atoms with Gasteiger partial charge < -0.3 is 10.2 Å². The van der Waals surface area contributed by atoms with E-state index in [1.165, 1.54) is 43.7 Å². The second kappa shape index (κ2) is 4.99. The Hall–Kier alpha value is -1.18. The van der Waals surface area contributed by atoms with Gasteiger partial charge in [-0.2, -0.15) is 0 Å². The van der Waals surface area contributed by atoms with Crippen molar-refractivity contribution < 1.29 is 0 Å². The first-order valence-corrected chi connectivity index (χ1v) is 6.68. The second-order valence-electron chi connectivity index (χ2n) is 5.97. The minimum atomic E-state index is 0.132. The maximum absolute atomic E-state index is 3.49. The molecule has 2 rings (SSSR count). The largest absolute Gasteiger partial charge is 0.380 e. The van der Waals surface area contributed by atoms with Crippen molar-refractivity contribution in [2.75, 3.05) is 23.3 Å². The third-order valence-corrected chi connectivity index (χ3v) is 3.11. The number of hydrogen-bond acceptors (Lipinski definition) is 2. The van der Waals surface area contributed by atoms with E-state index in [1.54, 1.807) is 0 Å². The Kier molecular flexibility index (Phi) is 3.60. The molecular formula is C15H24N2. The van der Waals surface area contributed by atoms with Crippen LogP contribution < -0.4 is 10.2 Å². The van der Waals surface area contributed by atoms with Crippen molar-refractivity contribution in [3.8, 4) is 0 Å². The molecule has 0 amide bonds. The van der Waals surface area contributed by atoms with Gasteiger partial charge in [0, 0.05) is 30.0 Å². The average molecular weight is 232 g/mol. The molecule has 17 heavy (non-hydrogen) atoms. The molecule has 0 radical (unpaired) electrons. The van der Waals surface area contributed by atoms with Crippen LogP contribution in [0.5, 0.6) is 0 Å². The highest BCUT2D eigenvalue weighted by atomic mass is 15.1. The van der Waals surface area contributed by atoms with E-state index >= 15 is 0 Å². The summed E-state index contributed by atoms with van der Waals surface area (Å²) < 4.78 is 0. The monoisotopic (exact) mass is 232 g/mol. The predicted octanol–water partition coefficient (Wildman–Crippen LogP) is 3.89. The summed E-state index contributed by atoms with van der Waals surface area (Å²) in [6, 6.07) is 8.85. The van der Waals surface area contributed by atoms with E-state index in [1.807, 2.05) is 0 Å². The first-order chi connectivity index (χ1) is 8.04. The molecule has 2 heteroatoms. The van der Waals surface area contributed by atoms with Gasteiger partial charge in [0.15, 0.2) is 0 Å². The number of rotatable bonds is 2. The lowest BCUT2D eigenvalue weighted by Gasteiger charge is -2.29. The molecule has 1 N–H and O–H groups in total. The molecule has 1 saturated heterocycles. The summed E-state index contributed by atoms with van der Waals surface area (Å²) in [5, 5.41) is 3.49. The summed E-state index contributed by atoms with van der Waals surface area (Å²) in [5.41, 5.74) is 2.70. The molecule has 0 atom stereocenters. The van der Waals surface area contributed by atoms with Crippen LogP contribution in [-0.4, -0.2) is 18.6 Å². The zero-order chi connectivity index (χ0) is 12.3. The highest BCUT2D eigenvalue weighted by molar-refractivity contribution is 5.56. The summed E-state index contributed by atoms with van der Waals surface area (Å²) in [7, 11) is 0. The minimum absolute atomic E-state index is 0.132. The van der Waals surface area contributed by atoms with Crippen molar-refractivity contribution in [1.29, 1.82) is 0 Å². The van der Waals surface area contributed by atoms with Gasteiger partial charge in [0.25, 0.3) is 0 Å². The van der Waals surface area contributed by atoms with Gasteiger partial charge >= 0.3 is 0 Å². The van der Waals surface area contributed by atoms with Crippen LogP contribution in [0.3, 0.4) is 0 Å². The van der Waals surface area contributed by atoms with Gasteiger partial charge in [-0.15, -0.1) is 0 Å². The molecule has 0 unspecified atom stereocenters. The van der Waals surface area contributed by atoms with Gasteiger partial charge in [0.05, 0.1) is 0 Å². The van der Waals surface area contributed by atoms with Crippen molar-refractivity contribution >= 4 is 11.4 Å². The van der Waals surface area contributed by atoms with E-state index < -0.39 is 0 Å². The molecule has 0 aromatic heterocycles. The van der Waals surface area contributed by atoms with Crippen LogP contribution in [0.2, 0.25) is 0 Å². The molecular weight excluding hydrogens is 208 g/mol. The minimum Gasteiger partial charge on any atom is -0.380 e. The van der Waals surface area contributed by atoms with E-state index in [2.05, 4.69) is 55.3 Å². The Bertz CT molecular complexity index is 342. The van der Waals surface area contributed by atoms with Crippen LogP contribution >= 0.6 is 0 Å².